The van der Waals surface area contributed by atoms with Gasteiger partial charge in [-0.2, -0.15) is 0 Å². The van der Waals surface area contributed by atoms with Gasteiger partial charge in [0.25, 0.3) is 0 Å². The highest BCUT2D eigenvalue weighted by atomic mass is 15.3. The zero-order valence-corrected chi connectivity index (χ0v) is 13.8. The fraction of sp³-hybridized carbons (Fsp3) is 1.00. The van der Waals surface area contributed by atoms with Gasteiger partial charge in [0, 0.05) is 37.8 Å². The van der Waals surface area contributed by atoms with Crippen molar-refractivity contribution < 1.29 is 0 Å². The quantitative estimate of drug-likeness (QED) is 0.766. The third-order valence-electron chi connectivity index (χ3n) is 4.47. The fourth-order valence-electron chi connectivity index (χ4n) is 3.23. The molecule has 0 aromatic heterocycles. The number of rotatable bonds is 7. The summed E-state index contributed by atoms with van der Waals surface area (Å²) in [5.74, 6) is 0. The first-order valence-corrected chi connectivity index (χ1v) is 8.26. The van der Waals surface area contributed by atoms with Crippen molar-refractivity contribution in [2.45, 2.75) is 71.5 Å². The van der Waals surface area contributed by atoms with Crippen LogP contribution in [0, 0.1) is 0 Å². The summed E-state index contributed by atoms with van der Waals surface area (Å²) in [6.45, 7) is 14.2. The van der Waals surface area contributed by atoms with Crippen LogP contribution in [0.1, 0.15) is 53.4 Å². The molecule has 1 aliphatic rings. The van der Waals surface area contributed by atoms with Crippen LogP contribution >= 0.6 is 0 Å². The van der Waals surface area contributed by atoms with Crippen molar-refractivity contribution in [3.05, 3.63) is 0 Å². The molecule has 3 nitrogen and oxygen atoms in total. The molecule has 1 heterocycles. The maximum Gasteiger partial charge on any atom is 0.0223 e. The maximum absolute atomic E-state index is 3.70. The van der Waals surface area contributed by atoms with Gasteiger partial charge in [0.2, 0.25) is 0 Å². The van der Waals surface area contributed by atoms with E-state index < -0.39 is 0 Å². The van der Waals surface area contributed by atoms with E-state index >= 15 is 0 Å². The zero-order valence-electron chi connectivity index (χ0n) is 13.8. The molecule has 1 saturated heterocycles. The maximum atomic E-state index is 3.70. The van der Waals surface area contributed by atoms with Gasteiger partial charge in [0.1, 0.15) is 0 Å². The summed E-state index contributed by atoms with van der Waals surface area (Å²) in [6.07, 6.45) is 5.13. The summed E-state index contributed by atoms with van der Waals surface area (Å²) in [6, 6.07) is 2.03. The average Bonchev–Trinajstić information content (AvgIpc) is 2.57. The Morgan fingerprint density at radius 3 is 2.58 bits per heavy atom. The Balaban J connectivity index is 2.45. The van der Waals surface area contributed by atoms with Gasteiger partial charge in [-0.15, -0.1) is 0 Å². The normalized spacial score (nSPS) is 26.1. The molecule has 0 spiro atoms. The molecule has 3 unspecified atom stereocenters. The Hall–Kier alpha value is -0.120. The van der Waals surface area contributed by atoms with E-state index in [0.717, 1.165) is 12.6 Å². The molecule has 0 radical (unpaired) electrons. The van der Waals surface area contributed by atoms with E-state index in [9.17, 15) is 0 Å². The van der Waals surface area contributed by atoms with Crippen LogP contribution in [0.3, 0.4) is 0 Å². The zero-order chi connectivity index (χ0) is 14.3. The van der Waals surface area contributed by atoms with E-state index in [4.69, 9.17) is 0 Å². The summed E-state index contributed by atoms with van der Waals surface area (Å²) in [7, 11) is 2.26. The smallest absolute Gasteiger partial charge is 0.0223 e. The van der Waals surface area contributed by atoms with Crippen LogP contribution in [0.2, 0.25) is 0 Å². The van der Waals surface area contributed by atoms with Crippen LogP contribution in [-0.2, 0) is 0 Å². The molecule has 1 fully saturated rings. The highest BCUT2D eigenvalue weighted by Crippen LogP contribution is 2.15. The van der Waals surface area contributed by atoms with Crippen LogP contribution in [-0.4, -0.2) is 61.2 Å². The molecule has 0 aromatic carbocycles. The molecule has 19 heavy (non-hydrogen) atoms. The lowest BCUT2D eigenvalue weighted by Crippen LogP contribution is -2.49. The average molecular weight is 269 g/mol. The number of likely N-dealkylation sites (N-methyl/N-ethyl adjacent to an activating group) is 1. The molecule has 3 atom stereocenters. The van der Waals surface area contributed by atoms with Crippen LogP contribution in [0.25, 0.3) is 0 Å². The van der Waals surface area contributed by atoms with E-state index in [2.05, 4.69) is 49.9 Å². The molecule has 0 aromatic rings. The Kier molecular flexibility index (Phi) is 7.96. The number of hydrogen-bond donors (Lipinski definition) is 1. The summed E-state index contributed by atoms with van der Waals surface area (Å²) >= 11 is 0. The molecule has 0 aliphatic carbocycles. The van der Waals surface area contributed by atoms with Crippen LogP contribution in [0.5, 0.6) is 0 Å². The van der Waals surface area contributed by atoms with Crippen LogP contribution in [0.15, 0.2) is 0 Å². The fourth-order valence-corrected chi connectivity index (χ4v) is 3.23. The standard InChI is InChI=1S/C16H35N3/c1-6-9-14(3)17-12-15(4)19-11-8-10-18(5)13-16(19)7-2/h14-17H,6-13H2,1-5H3. The molecule has 114 valence electrons. The molecular formula is C16H35N3. The second-order valence-electron chi connectivity index (χ2n) is 6.36. The van der Waals surface area contributed by atoms with Crippen molar-refractivity contribution in [1.82, 2.24) is 15.1 Å². The molecule has 0 saturated carbocycles. The van der Waals surface area contributed by atoms with Gasteiger partial charge in [-0.3, -0.25) is 4.90 Å². The lowest BCUT2D eigenvalue weighted by molar-refractivity contribution is 0.133. The minimum atomic E-state index is 0.649. The second-order valence-corrected chi connectivity index (χ2v) is 6.36. The molecule has 0 bridgehead atoms. The third-order valence-corrected chi connectivity index (χ3v) is 4.47. The number of hydrogen-bond acceptors (Lipinski definition) is 3. The van der Waals surface area contributed by atoms with Crippen molar-refractivity contribution in [1.29, 1.82) is 0 Å². The van der Waals surface area contributed by atoms with Crippen molar-refractivity contribution in [3.8, 4) is 0 Å². The lowest BCUT2D eigenvalue weighted by atomic mass is 10.1. The lowest BCUT2D eigenvalue weighted by Gasteiger charge is -2.36. The third kappa shape index (κ3) is 5.80. The Bertz CT molecular complexity index is 232. The number of nitrogens with one attached hydrogen (secondary N) is 1. The Morgan fingerprint density at radius 2 is 1.95 bits per heavy atom. The van der Waals surface area contributed by atoms with Gasteiger partial charge in [-0.05, 0) is 46.7 Å². The monoisotopic (exact) mass is 269 g/mol. The highest BCUT2D eigenvalue weighted by molar-refractivity contribution is 4.83. The van der Waals surface area contributed by atoms with E-state index in [1.807, 2.05) is 0 Å². The Labute approximate surface area is 120 Å². The predicted molar refractivity (Wildman–Crippen MR) is 84.7 cm³/mol. The van der Waals surface area contributed by atoms with Crippen LogP contribution < -0.4 is 5.32 Å². The minimum Gasteiger partial charge on any atom is -0.313 e. The first-order chi connectivity index (χ1) is 9.08. The van der Waals surface area contributed by atoms with Gasteiger partial charge >= 0.3 is 0 Å². The van der Waals surface area contributed by atoms with Crippen molar-refractivity contribution in [3.63, 3.8) is 0 Å². The molecule has 0 amide bonds. The summed E-state index contributed by atoms with van der Waals surface area (Å²) in [5, 5.41) is 3.70. The van der Waals surface area contributed by atoms with Gasteiger partial charge < -0.3 is 10.2 Å². The van der Waals surface area contributed by atoms with Gasteiger partial charge in [-0.1, -0.05) is 20.3 Å². The topological polar surface area (TPSA) is 18.5 Å². The molecule has 1 aliphatic heterocycles. The summed E-state index contributed by atoms with van der Waals surface area (Å²) in [4.78, 5) is 5.23. The first-order valence-electron chi connectivity index (χ1n) is 8.26. The first kappa shape index (κ1) is 16.9. The molecule has 3 heteroatoms. The van der Waals surface area contributed by atoms with Crippen molar-refractivity contribution in [2.75, 3.05) is 33.2 Å². The largest absolute Gasteiger partial charge is 0.313 e. The van der Waals surface area contributed by atoms with E-state index in [-0.39, 0.29) is 0 Å². The summed E-state index contributed by atoms with van der Waals surface area (Å²) < 4.78 is 0. The minimum absolute atomic E-state index is 0.649. The molecular weight excluding hydrogens is 234 g/mol. The SMILES string of the molecule is CCCC(C)NCC(C)N1CCCN(C)CC1CC. The van der Waals surface area contributed by atoms with Crippen molar-refractivity contribution in [2.24, 2.45) is 0 Å². The predicted octanol–water partition coefficient (Wildman–Crippen LogP) is 2.57. The van der Waals surface area contributed by atoms with Crippen molar-refractivity contribution >= 4 is 0 Å². The van der Waals surface area contributed by atoms with Gasteiger partial charge in [0.05, 0.1) is 0 Å². The van der Waals surface area contributed by atoms with Gasteiger partial charge in [0.15, 0.2) is 0 Å². The van der Waals surface area contributed by atoms with Gasteiger partial charge in [-0.25, -0.2) is 0 Å². The Morgan fingerprint density at radius 1 is 1.21 bits per heavy atom. The van der Waals surface area contributed by atoms with Crippen LogP contribution in [0.4, 0.5) is 0 Å². The van der Waals surface area contributed by atoms with E-state index in [0.29, 0.717) is 12.1 Å². The molecule has 1 N–H and O–H groups in total. The molecule has 1 rings (SSSR count). The van der Waals surface area contributed by atoms with E-state index in [1.165, 1.54) is 45.3 Å². The highest BCUT2D eigenvalue weighted by Gasteiger charge is 2.25. The van der Waals surface area contributed by atoms with E-state index in [1.54, 1.807) is 0 Å². The number of nitrogens with zero attached hydrogens (tertiary/aromatic N) is 2. The summed E-state index contributed by atoms with van der Waals surface area (Å²) in [5.41, 5.74) is 0. The second kappa shape index (κ2) is 8.93.